The molecule has 4 spiro atoms. The van der Waals surface area contributed by atoms with Gasteiger partial charge in [0.05, 0.1) is 66.1 Å². The maximum absolute atomic E-state index is 7.36. The van der Waals surface area contributed by atoms with E-state index in [1.165, 1.54) is 85.3 Å². The van der Waals surface area contributed by atoms with Crippen molar-refractivity contribution in [2.45, 2.75) is 121 Å². The summed E-state index contributed by atoms with van der Waals surface area (Å²) in [5, 5.41) is 0. The van der Waals surface area contributed by atoms with E-state index in [2.05, 4.69) is 0 Å². The Bertz CT molecular complexity index is 1500. The van der Waals surface area contributed by atoms with Crippen molar-refractivity contribution in [3.05, 3.63) is 0 Å². The monoisotopic (exact) mass is 1120 g/mol. The van der Waals surface area contributed by atoms with Crippen LogP contribution in [0.4, 0.5) is 0 Å². The van der Waals surface area contributed by atoms with Crippen molar-refractivity contribution in [3.8, 4) is 0 Å². The number of hydrogen-bond donors (Lipinski definition) is 0. The van der Waals surface area contributed by atoms with Gasteiger partial charge in [0.15, 0.2) is 0 Å². The highest BCUT2D eigenvalue weighted by Crippen LogP contribution is 2.45. The molecular weight excluding hydrogens is 1030 g/mol. The van der Waals surface area contributed by atoms with Gasteiger partial charge in [-0.05, 0) is 0 Å². The van der Waals surface area contributed by atoms with Crippen LogP contribution in [0.3, 0.4) is 0 Å². The molecular formula is C50H92O27. The molecule has 27 heteroatoms. The molecule has 0 N–H and O–H groups in total. The summed E-state index contributed by atoms with van der Waals surface area (Å²) in [6.07, 6.45) is -14.2. The summed E-state index contributed by atoms with van der Waals surface area (Å²) < 4.78 is 172. The Hall–Kier alpha value is -1.08. The molecule has 0 aromatic heterocycles. The zero-order chi connectivity index (χ0) is 56.2. The summed E-state index contributed by atoms with van der Waals surface area (Å²) in [5.41, 5.74) is 0. The first-order valence-corrected chi connectivity index (χ1v) is 25.7. The first-order valence-electron chi connectivity index (χ1n) is 25.7. The van der Waals surface area contributed by atoms with Crippen LogP contribution in [0, 0.1) is 0 Å². The van der Waals surface area contributed by atoms with E-state index in [0.29, 0.717) is 0 Å². The Kier molecular flexibility index (Phi) is 28.3. The lowest BCUT2D eigenvalue weighted by atomic mass is 9.89. The normalized spacial score (nSPS) is 42.7. The van der Waals surface area contributed by atoms with Gasteiger partial charge in [0, 0.05) is 114 Å². The van der Waals surface area contributed by atoms with E-state index in [1.54, 1.807) is 28.4 Å². The Labute approximate surface area is 454 Å². The fourth-order valence-electron chi connectivity index (χ4n) is 11.4. The van der Waals surface area contributed by atoms with Crippen LogP contribution >= 0.6 is 0 Å². The minimum Gasteiger partial charge on any atom is -0.382 e. The number of rotatable bonds is 20. The third-order valence-electron chi connectivity index (χ3n) is 14.8. The molecule has 0 aromatic carbocycles. The van der Waals surface area contributed by atoms with E-state index in [4.69, 9.17) is 128 Å². The van der Waals surface area contributed by atoms with Gasteiger partial charge in [0.2, 0.25) is 23.1 Å². The summed E-state index contributed by atoms with van der Waals surface area (Å²) in [4.78, 5) is 0. The molecule has 77 heavy (non-hydrogen) atoms. The van der Waals surface area contributed by atoms with E-state index in [0.717, 1.165) is 0 Å². The Morgan fingerprint density at radius 2 is 0.494 bits per heavy atom. The van der Waals surface area contributed by atoms with Crippen molar-refractivity contribution in [3.63, 3.8) is 0 Å². The summed E-state index contributed by atoms with van der Waals surface area (Å²) >= 11 is 0. The number of methoxy groups -OCH3 is 16. The second-order valence-electron chi connectivity index (χ2n) is 18.9. The predicted molar refractivity (Wildman–Crippen MR) is 264 cm³/mol. The standard InChI is InChI=1S/C50H92O27/c1-51-23-31-35(55-5)39(59-9)43(63-13)47(74-31)27-69-20-19-67-17-18-68-21-22-70-48(44(64-14)40(60-10)36(56-6)32(75-48)24-52-2)28-72-50(46(66-16)42(62-12)38(58-8)34(77-50)26-54-4)30-73-49(29-71-47)45(65-15)41(61-11)37(57-7)33(76-49)25-53-3/h31-46H,17-30H2,1-16H3/t31-,32-,33-,34-,35+,36+,37+,38+,39+,40+,41+,42+,43-,44-,45-,46-,47+,48+,49+,50+/m1/s1. The van der Waals surface area contributed by atoms with Crippen molar-refractivity contribution in [1.29, 1.82) is 0 Å². The van der Waals surface area contributed by atoms with Gasteiger partial charge < -0.3 is 128 Å². The first kappa shape index (κ1) is 66.7. The van der Waals surface area contributed by atoms with Gasteiger partial charge in [-0.3, -0.25) is 0 Å². The third kappa shape index (κ3) is 14.8. The molecule has 0 amide bonds. The van der Waals surface area contributed by atoms with Crippen molar-refractivity contribution in [2.24, 2.45) is 0 Å². The summed E-state index contributed by atoms with van der Waals surface area (Å²) in [7, 11) is 24.4. The van der Waals surface area contributed by atoms with Crippen molar-refractivity contribution in [2.75, 3.05) is 206 Å². The van der Waals surface area contributed by atoms with Crippen LogP contribution in [0.15, 0.2) is 0 Å². The van der Waals surface area contributed by atoms with E-state index in [1.807, 2.05) is 0 Å². The highest BCUT2D eigenvalue weighted by atomic mass is 16.8. The van der Waals surface area contributed by atoms with Gasteiger partial charge in [0.25, 0.3) is 0 Å². The zero-order valence-corrected chi connectivity index (χ0v) is 48.2. The first-order chi connectivity index (χ1) is 37.4. The number of hydrogen-bond acceptors (Lipinski definition) is 27. The molecule has 0 unspecified atom stereocenters. The summed E-state index contributed by atoms with van der Waals surface area (Å²) in [6.45, 7) is -0.916. The maximum atomic E-state index is 7.36. The summed E-state index contributed by atoms with van der Waals surface area (Å²) in [5.74, 6) is -7.73. The van der Waals surface area contributed by atoms with Gasteiger partial charge in [-0.25, -0.2) is 0 Å². The smallest absolute Gasteiger partial charge is 0.222 e. The molecule has 5 heterocycles. The van der Waals surface area contributed by atoms with E-state index in [-0.39, 0.29) is 72.7 Å². The molecule has 27 nitrogen and oxygen atoms in total. The lowest BCUT2D eigenvalue weighted by molar-refractivity contribution is -0.453. The average molecular weight is 1130 g/mol. The zero-order valence-electron chi connectivity index (χ0n) is 48.2. The van der Waals surface area contributed by atoms with Crippen LogP contribution in [-0.4, -0.2) is 327 Å². The van der Waals surface area contributed by atoms with Crippen LogP contribution in [0.1, 0.15) is 0 Å². The second-order valence-corrected chi connectivity index (χ2v) is 18.9. The van der Waals surface area contributed by atoms with E-state index < -0.39 is 141 Å². The van der Waals surface area contributed by atoms with Crippen LogP contribution in [-0.2, 0) is 128 Å². The van der Waals surface area contributed by atoms with Crippen LogP contribution in [0.25, 0.3) is 0 Å². The Morgan fingerprint density at radius 3 is 0.740 bits per heavy atom. The number of ether oxygens (including phenoxy) is 27. The van der Waals surface area contributed by atoms with E-state index in [9.17, 15) is 0 Å². The average Bonchev–Trinajstić information content (AvgIpc) is 3.48. The van der Waals surface area contributed by atoms with Gasteiger partial charge >= 0.3 is 0 Å². The molecule has 5 saturated heterocycles. The Balaban J connectivity index is 1.79. The molecule has 5 aliphatic rings. The van der Waals surface area contributed by atoms with Crippen molar-refractivity contribution < 1.29 is 128 Å². The molecule has 5 rings (SSSR count). The fourth-order valence-corrected chi connectivity index (χ4v) is 11.4. The summed E-state index contributed by atoms with van der Waals surface area (Å²) in [6, 6.07) is 0. The Morgan fingerprint density at radius 1 is 0.260 bits per heavy atom. The molecule has 0 aliphatic carbocycles. The predicted octanol–water partition coefficient (Wildman–Crippen LogP) is -0.738. The quantitative estimate of drug-likeness (QED) is 0.146. The van der Waals surface area contributed by atoms with Crippen molar-refractivity contribution in [1.82, 2.24) is 0 Å². The molecule has 5 aliphatic heterocycles. The molecule has 0 bridgehead atoms. The largest absolute Gasteiger partial charge is 0.382 e. The van der Waals surface area contributed by atoms with E-state index >= 15 is 0 Å². The molecule has 5 fully saturated rings. The minimum absolute atomic E-state index is 0.0103. The third-order valence-corrected chi connectivity index (χ3v) is 14.8. The lowest BCUT2D eigenvalue weighted by Crippen LogP contribution is -2.75. The van der Waals surface area contributed by atoms with Crippen molar-refractivity contribution >= 4 is 0 Å². The molecule has 0 aromatic rings. The molecule has 454 valence electrons. The van der Waals surface area contributed by atoms with Gasteiger partial charge in [-0.15, -0.1) is 0 Å². The molecule has 0 saturated carbocycles. The minimum atomic E-state index is -2.05. The molecule has 0 radical (unpaired) electrons. The second kappa shape index (κ2) is 32.7. The highest BCUT2D eigenvalue weighted by Gasteiger charge is 2.66. The van der Waals surface area contributed by atoms with Crippen LogP contribution < -0.4 is 0 Å². The van der Waals surface area contributed by atoms with Crippen LogP contribution in [0.5, 0.6) is 0 Å². The van der Waals surface area contributed by atoms with Gasteiger partial charge in [0.1, 0.15) is 124 Å². The van der Waals surface area contributed by atoms with Crippen LogP contribution in [0.2, 0.25) is 0 Å². The fraction of sp³-hybridized carbons (Fsp3) is 1.00. The molecule has 20 atom stereocenters. The SMILES string of the molecule is COC[C@H]1O[C@@]2(COCCOCCOCCO[C@@]3(CO[C@@]4(CO[C@@]5(CO2)O[C@H](COC)[C@H](OC)[C@H](OC)[C@H]5OC)O[C@H](COC)[C@H](OC)[C@H](OC)[C@H]4OC)O[C@H](COC)[C@H](OC)[C@H](OC)[C@H]3OC)[C@H](OC)[C@@H](OC)[C@H]1OC. The topological polar surface area (TPSA) is 249 Å². The lowest BCUT2D eigenvalue weighted by Gasteiger charge is -2.56. The van der Waals surface area contributed by atoms with Gasteiger partial charge in [-0.1, -0.05) is 0 Å². The highest BCUT2D eigenvalue weighted by molar-refractivity contribution is 5.07. The van der Waals surface area contributed by atoms with Gasteiger partial charge in [-0.2, -0.15) is 0 Å². The maximum Gasteiger partial charge on any atom is 0.222 e.